The largest absolute Gasteiger partial charge is 0.468 e. The van der Waals surface area contributed by atoms with Gasteiger partial charge in [-0.05, 0) is 12.1 Å². The number of hydrogen-bond acceptors (Lipinski definition) is 3. The van der Waals surface area contributed by atoms with Crippen molar-refractivity contribution in [3.05, 3.63) is 29.8 Å². The maximum atomic E-state index is 13.0. The molecule has 1 rings (SSSR count). The number of alkyl halides is 6. The molecule has 0 fully saturated rings. The van der Waals surface area contributed by atoms with E-state index in [1.54, 1.807) is 0 Å². The molecule has 0 aliphatic heterocycles. The molecule has 0 heterocycles. The first kappa shape index (κ1) is 19.6. The molecule has 1 aromatic carbocycles. The second-order valence-corrected chi connectivity index (χ2v) is 5.95. The summed E-state index contributed by atoms with van der Waals surface area (Å²) in [5.41, 5.74) is -4.71. The Morgan fingerprint density at radius 2 is 1.43 bits per heavy atom. The van der Waals surface area contributed by atoms with Gasteiger partial charge in [0.2, 0.25) is 0 Å². The van der Waals surface area contributed by atoms with Crippen LogP contribution in [-0.2, 0) is 16.4 Å². The number of hydrogen-bond donors (Lipinski definition) is 1. The third kappa shape index (κ3) is 4.53. The first-order valence-electron chi connectivity index (χ1n) is 5.78. The fourth-order valence-electron chi connectivity index (χ4n) is 1.62. The SMILES string of the molecule is [B]Cc1ccc(OC(CS(=O)(=O)O)(C(F)(F)F)C(F)(F)F)cc1. The molecule has 1 aromatic rings. The van der Waals surface area contributed by atoms with E-state index in [4.69, 9.17) is 12.4 Å². The molecule has 0 spiro atoms. The van der Waals surface area contributed by atoms with Gasteiger partial charge in [0.05, 0.1) is 7.85 Å². The zero-order chi connectivity index (χ0) is 18.1. The fourth-order valence-corrected chi connectivity index (χ4v) is 2.52. The summed E-state index contributed by atoms with van der Waals surface area (Å²) in [4.78, 5) is 0. The first-order valence-corrected chi connectivity index (χ1v) is 7.39. The van der Waals surface area contributed by atoms with Crippen molar-refractivity contribution >= 4 is 18.0 Å². The molecule has 0 unspecified atom stereocenters. The lowest BCUT2D eigenvalue weighted by atomic mass is 9.97. The highest BCUT2D eigenvalue weighted by atomic mass is 32.2. The zero-order valence-corrected chi connectivity index (χ0v) is 12.0. The molecule has 0 aromatic heterocycles. The van der Waals surface area contributed by atoms with Crippen LogP contribution >= 0.6 is 0 Å². The van der Waals surface area contributed by atoms with E-state index in [2.05, 4.69) is 4.74 Å². The van der Waals surface area contributed by atoms with Crippen LogP contribution in [0.5, 0.6) is 5.75 Å². The van der Waals surface area contributed by atoms with Crippen LogP contribution in [0.3, 0.4) is 0 Å². The smallest absolute Gasteiger partial charge is 0.438 e. The lowest BCUT2D eigenvalue weighted by Gasteiger charge is -2.36. The normalized spacial score (nSPS) is 13.9. The molecule has 1 N–H and O–H groups in total. The van der Waals surface area contributed by atoms with E-state index < -0.39 is 39.6 Å². The van der Waals surface area contributed by atoms with Crippen LogP contribution in [0.15, 0.2) is 24.3 Å². The maximum Gasteiger partial charge on any atom is 0.438 e. The molecule has 23 heavy (non-hydrogen) atoms. The van der Waals surface area contributed by atoms with Gasteiger partial charge in [-0.2, -0.15) is 34.8 Å². The summed E-state index contributed by atoms with van der Waals surface area (Å²) in [5.74, 6) is -3.62. The molecule has 2 radical (unpaired) electrons. The minimum Gasteiger partial charge on any atom is -0.468 e. The van der Waals surface area contributed by atoms with Crippen molar-refractivity contribution in [2.24, 2.45) is 0 Å². The fraction of sp³-hybridized carbons (Fsp3) is 0.455. The molecule has 0 saturated heterocycles. The molecular weight excluding hydrogens is 353 g/mol. The minimum atomic E-state index is -6.16. The van der Waals surface area contributed by atoms with Crippen molar-refractivity contribution in [1.82, 2.24) is 0 Å². The minimum absolute atomic E-state index is 0.0189. The second-order valence-electron chi connectivity index (χ2n) is 4.50. The van der Waals surface area contributed by atoms with E-state index in [1.807, 2.05) is 0 Å². The van der Waals surface area contributed by atoms with Gasteiger partial charge in [-0.3, -0.25) is 4.55 Å². The Labute approximate surface area is 128 Å². The molecule has 128 valence electrons. The Bertz CT molecular complexity index is 624. The van der Waals surface area contributed by atoms with Crippen LogP contribution in [0.2, 0.25) is 0 Å². The summed E-state index contributed by atoms with van der Waals surface area (Å²) in [7, 11) is -0.430. The van der Waals surface area contributed by atoms with Crippen molar-refractivity contribution in [2.75, 3.05) is 5.75 Å². The van der Waals surface area contributed by atoms with Gasteiger partial charge in [0.25, 0.3) is 10.1 Å². The molecular formula is C11H9BF6O4S. The summed E-state index contributed by atoms with van der Waals surface area (Å²) in [6.45, 7) is 0. The highest BCUT2D eigenvalue weighted by Gasteiger charge is 2.75. The Morgan fingerprint density at radius 1 is 1.00 bits per heavy atom. The van der Waals surface area contributed by atoms with Crippen LogP contribution in [0.1, 0.15) is 5.56 Å². The first-order chi connectivity index (χ1) is 10.2. The summed E-state index contributed by atoms with van der Waals surface area (Å²) in [5, 5.41) is 0. The van der Waals surface area contributed by atoms with Gasteiger partial charge in [-0.25, -0.2) is 0 Å². The molecule has 0 bridgehead atoms. The van der Waals surface area contributed by atoms with Crippen molar-refractivity contribution in [3.63, 3.8) is 0 Å². The van der Waals surface area contributed by atoms with Crippen molar-refractivity contribution in [1.29, 1.82) is 0 Å². The van der Waals surface area contributed by atoms with Gasteiger partial charge >= 0.3 is 18.0 Å². The lowest BCUT2D eigenvalue weighted by Crippen LogP contribution is -2.64. The van der Waals surface area contributed by atoms with Crippen molar-refractivity contribution in [3.8, 4) is 5.75 Å². The van der Waals surface area contributed by atoms with E-state index in [0.29, 0.717) is 5.56 Å². The molecule has 12 heteroatoms. The van der Waals surface area contributed by atoms with E-state index in [0.717, 1.165) is 24.3 Å². The highest BCUT2D eigenvalue weighted by Crippen LogP contribution is 2.46. The van der Waals surface area contributed by atoms with Gasteiger partial charge in [0.1, 0.15) is 11.5 Å². The predicted molar refractivity (Wildman–Crippen MR) is 67.8 cm³/mol. The van der Waals surface area contributed by atoms with E-state index in [-0.39, 0.29) is 6.32 Å². The highest BCUT2D eigenvalue weighted by molar-refractivity contribution is 7.85. The lowest BCUT2D eigenvalue weighted by molar-refractivity contribution is -0.348. The van der Waals surface area contributed by atoms with Crippen LogP contribution in [0.25, 0.3) is 0 Å². The average Bonchev–Trinajstić information content (AvgIpc) is 2.34. The Balaban J connectivity index is 3.42. The standard InChI is InChI=1S/C11H9BF6O4S/c12-5-7-1-3-8(4-2-7)22-9(10(13,14)15,11(16,17)18)6-23(19,20)21/h1-4H,5-6H2,(H,19,20,21). The monoisotopic (exact) mass is 362 g/mol. The third-order valence-electron chi connectivity index (χ3n) is 2.75. The topological polar surface area (TPSA) is 63.6 Å². The molecule has 0 saturated carbocycles. The van der Waals surface area contributed by atoms with Crippen LogP contribution < -0.4 is 4.74 Å². The number of rotatable bonds is 5. The summed E-state index contributed by atoms with van der Waals surface area (Å²) >= 11 is 0. The quantitative estimate of drug-likeness (QED) is 0.497. The number of halogens is 6. The van der Waals surface area contributed by atoms with Crippen LogP contribution in [-0.4, -0.2) is 44.5 Å². The number of ether oxygens (including phenoxy) is 1. The summed E-state index contributed by atoms with van der Waals surface area (Å²) in [6.07, 6.45) is -12.3. The summed E-state index contributed by atoms with van der Waals surface area (Å²) < 4.78 is 112. The van der Waals surface area contributed by atoms with Gasteiger partial charge < -0.3 is 4.74 Å². The van der Waals surface area contributed by atoms with Crippen LogP contribution in [0.4, 0.5) is 26.3 Å². The van der Waals surface area contributed by atoms with Crippen molar-refractivity contribution < 1.29 is 44.0 Å². The van der Waals surface area contributed by atoms with E-state index >= 15 is 0 Å². The second kappa shape index (κ2) is 6.23. The van der Waals surface area contributed by atoms with Gasteiger partial charge in [0.15, 0.2) is 0 Å². The summed E-state index contributed by atoms with van der Waals surface area (Å²) in [6, 6.07) is 3.78. The number of benzene rings is 1. The van der Waals surface area contributed by atoms with Gasteiger partial charge in [0, 0.05) is 0 Å². The average molecular weight is 362 g/mol. The van der Waals surface area contributed by atoms with E-state index in [1.165, 1.54) is 0 Å². The van der Waals surface area contributed by atoms with Gasteiger partial charge in [-0.15, -0.1) is 0 Å². The Morgan fingerprint density at radius 3 is 1.74 bits per heavy atom. The van der Waals surface area contributed by atoms with Crippen LogP contribution in [0, 0.1) is 0 Å². The predicted octanol–water partition coefficient (Wildman–Crippen LogP) is 2.49. The third-order valence-corrected chi connectivity index (χ3v) is 3.52. The Hall–Kier alpha value is -1.43. The Kier molecular flexibility index (Phi) is 5.31. The zero-order valence-electron chi connectivity index (χ0n) is 11.1. The molecule has 0 aliphatic carbocycles. The molecule has 0 aliphatic rings. The molecule has 0 amide bonds. The van der Waals surface area contributed by atoms with Crippen molar-refractivity contribution in [2.45, 2.75) is 24.3 Å². The van der Waals surface area contributed by atoms with E-state index in [9.17, 15) is 34.8 Å². The molecule has 4 nitrogen and oxygen atoms in total. The van der Waals surface area contributed by atoms with Gasteiger partial charge in [-0.1, -0.05) is 24.0 Å². The maximum absolute atomic E-state index is 13.0. The molecule has 0 atom stereocenters.